The van der Waals surface area contributed by atoms with E-state index in [0.717, 1.165) is 13.1 Å². The second-order valence-corrected chi connectivity index (χ2v) is 6.24. The molecule has 4 nitrogen and oxygen atoms in total. The molecule has 102 valence electrons. The van der Waals surface area contributed by atoms with Crippen LogP contribution < -0.4 is 0 Å². The van der Waals surface area contributed by atoms with Crippen molar-refractivity contribution in [2.75, 3.05) is 27.2 Å². The predicted molar refractivity (Wildman–Crippen MR) is 78.2 cm³/mol. The lowest BCUT2D eigenvalue weighted by Crippen LogP contribution is -2.58. The largest absolute Gasteiger partial charge is 0.338 e. The zero-order valence-electron chi connectivity index (χ0n) is 11.1. The Morgan fingerprint density at radius 3 is 2.61 bits per heavy atom. The third-order valence-electron chi connectivity index (χ3n) is 2.88. The molecule has 1 heterocycles. The first-order chi connectivity index (χ1) is 8.47. The predicted octanol–water partition coefficient (Wildman–Crippen LogP) is 2.27. The molecule has 0 aromatic rings. The SMILES string of the molecule is C=NC(=N/C(=C\F)CC(C)Br)N1CC(N(C)C)C1. The summed E-state index contributed by atoms with van der Waals surface area (Å²) in [5, 5.41) is 0. The molecule has 6 heteroatoms. The smallest absolute Gasteiger partial charge is 0.225 e. The highest BCUT2D eigenvalue weighted by molar-refractivity contribution is 9.09. The molecule has 0 spiro atoms. The van der Waals surface area contributed by atoms with Crippen molar-refractivity contribution in [1.82, 2.24) is 9.80 Å². The lowest BCUT2D eigenvalue weighted by atomic mass is 10.1. The van der Waals surface area contributed by atoms with Crippen molar-refractivity contribution in [3.8, 4) is 0 Å². The number of aliphatic imine (C=N–C) groups is 2. The maximum Gasteiger partial charge on any atom is 0.225 e. The van der Waals surface area contributed by atoms with Crippen molar-refractivity contribution in [3.63, 3.8) is 0 Å². The van der Waals surface area contributed by atoms with Gasteiger partial charge in [-0.1, -0.05) is 22.9 Å². The van der Waals surface area contributed by atoms with Crippen LogP contribution in [-0.4, -0.2) is 60.5 Å². The quantitative estimate of drug-likeness (QED) is 0.452. The molecule has 1 unspecified atom stereocenters. The molecule has 0 bridgehead atoms. The van der Waals surface area contributed by atoms with Crippen molar-refractivity contribution in [2.24, 2.45) is 9.98 Å². The molecule has 1 rings (SSSR count). The molecule has 18 heavy (non-hydrogen) atoms. The van der Waals surface area contributed by atoms with E-state index in [9.17, 15) is 4.39 Å². The summed E-state index contributed by atoms with van der Waals surface area (Å²) in [6, 6.07) is 0.504. The van der Waals surface area contributed by atoms with Crippen LogP contribution in [0.15, 0.2) is 22.0 Å². The van der Waals surface area contributed by atoms with Gasteiger partial charge in [0.15, 0.2) is 0 Å². The minimum absolute atomic E-state index is 0.181. The minimum Gasteiger partial charge on any atom is -0.338 e. The van der Waals surface area contributed by atoms with E-state index in [1.54, 1.807) is 0 Å². The van der Waals surface area contributed by atoms with E-state index >= 15 is 0 Å². The van der Waals surface area contributed by atoms with Gasteiger partial charge in [0, 0.05) is 30.4 Å². The number of likely N-dealkylation sites (tertiary alicyclic amines) is 1. The summed E-state index contributed by atoms with van der Waals surface area (Å²) in [4.78, 5) is 12.4. The Labute approximate surface area is 116 Å². The van der Waals surface area contributed by atoms with Crippen LogP contribution in [0, 0.1) is 0 Å². The highest BCUT2D eigenvalue weighted by Crippen LogP contribution is 2.18. The molecular weight excluding hydrogens is 299 g/mol. The number of hydrogen-bond donors (Lipinski definition) is 0. The molecule has 0 aromatic heterocycles. The summed E-state index contributed by atoms with van der Waals surface area (Å²) < 4.78 is 12.7. The van der Waals surface area contributed by atoms with Gasteiger partial charge in [-0.15, -0.1) is 0 Å². The summed E-state index contributed by atoms with van der Waals surface area (Å²) in [5.41, 5.74) is 0.384. The normalized spacial score (nSPS) is 20.0. The molecular formula is C12H20BrFN4. The van der Waals surface area contributed by atoms with Gasteiger partial charge in [0.25, 0.3) is 0 Å². The standard InChI is InChI=1S/C12H20BrFN4/c1-9(13)5-10(6-14)16-12(15-2)18-7-11(8-18)17(3)4/h6,9,11H,2,5,7-8H2,1,3-4H3/b10-6-,16-12?. The molecule has 1 saturated heterocycles. The van der Waals surface area contributed by atoms with Crippen LogP contribution in [0.5, 0.6) is 0 Å². The average molecular weight is 319 g/mol. The zero-order valence-corrected chi connectivity index (χ0v) is 12.7. The number of nitrogens with zero attached hydrogens (tertiary/aromatic N) is 4. The molecule has 1 aliphatic heterocycles. The van der Waals surface area contributed by atoms with Gasteiger partial charge in [-0.3, -0.25) is 0 Å². The third kappa shape index (κ3) is 4.17. The van der Waals surface area contributed by atoms with Gasteiger partial charge >= 0.3 is 0 Å². The Balaban J connectivity index is 2.64. The number of halogens is 2. The van der Waals surface area contributed by atoms with Gasteiger partial charge in [-0.25, -0.2) is 14.4 Å². The van der Waals surface area contributed by atoms with Gasteiger partial charge in [0.1, 0.15) is 6.33 Å². The number of allylic oxidation sites excluding steroid dienone is 1. The molecule has 0 radical (unpaired) electrons. The first-order valence-electron chi connectivity index (χ1n) is 5.88. The monoisotopic (exact) mass is 318 g/mol. The van der Waals surface area contributed by atoms with E-state index in [1.165, 1.54) is 0 Å². The second-order valence-electron chi connectivity index (χ2n) is 4.68. The first-order valence-corrected chi connectivity index (χ1v) is 6.79. The first kappa shape index (κ1) is 15.3. The third-order valence-corrected chi connectivity index (χ3v) is 3.20. The average Bonchev–Trinajstić information content (AvgIpc) is 2.23. The molecule has 0 saturated carbocycles. The van der Waals surface area contributed by atoms with Gasteiger partial charge in [0.2, 0.25) is 5.96 Å². The van der Waals surface area contributed by atoms with E-state index in [2.05, 4.69) is 37.5 Å². The van der Waals surface area contributed by atoms with E-state index in [1.807, 2.05) is 25.9 Å². The highest BCUT2D eigenvalue weighted by atomic mass is 79.9. The zero-order chi connectivity index (χ0) is 13.7. The van der Waals surface area contributed by atoms with Crippen LogP contribution in [0.3, 0.4) is 0 Å². The fraction of sp³-hybridized carbons (Fsp3) is 0.667. The summed E-state index contributed by atoms with van der Waals surface area (Å²) >= 11 is 3.38. The van der Waals surface area contributed by atoms with Gasteiger partial charge in [-0.05, 0) is 20.8 Å². The second kappa shape index (κ2) is 6.99. The van der Waals surface area contributed by atoms with Crippen molar-refractivity contribution < 1.29 is 4.39 Å². The Bertz CT molecular complexity index is 346. The molecule has 0 aliphatic carbocycles. The van der Waals surface area contributed by atoms with Crippen molar-refractivity contribution in [2.45, 2.75) is 24.2 Å². The fourth-order valence-electron chi connectivity index (χ4n) is 1.68. The Hall–Kier alpha value is -0.750. The van der Waals surface area contributed by atoms with Crippen molar-refractivity contribution in [3.05, 3.63) is 12.0 Å². The maximum atomic E-state index is 12.7. The van der Waals surface area contributed by atoms with Crippen LogP contribution in [0.1, 0.15) is 13.3 Å². The van der Waals surface area contributed by atoms with Gasteiger partial charge < -0.3 is 9.80 Å². The van der Waals surface area contributed by atoms with Crippen LogP contribution >= 0.6 is 15.9 Å². The van der Waals surface area contributed by atoms with E-state index in [0.29, 0.717) is 30.4 Å². The van der Waals surface area contributed by atoms with Crippen LogP contribution in [0.2, 0.25) is 0 Å². The number of guanidine groups is 1. The molecule has 1 atom stereocenters. The number of hydrogen-bond acceptors (Lipinski definition) is 2. The summed E-state index contributed by atoms with van der Waals surface area (Å²) in [6.45, 7) is 7.16. The van der Waals surface area contributed by atoms with Crippen molar-refractivity contribution >= 4 is 28.6 Å². The number of alkyl halides is 1. The summed E-state index contributed by atoms with van der Waals surface area (Å²) in [5.74, 6) is 0.505. The Kier molecular flexibility index (Phi) is 5.95. The lowest BCUT2D eigenvalue weighted by molar-refractivity contribution is 0.123. The Morgan fingerprint density at radius 2 is 2.22 bits per heavy atom. The maximum absolute atomic E-state index is 12.7. The fourth-order valence-corrected chi connectivity index (χ4v) is 2.01. The van der Waals surface area contributed by atoms with Crippen LogP contribution in [0.25, 0.3) is 0 Å². The van der Waals surface area contributed by atoms with E-state index < -0.39 is 0 Å². The molecule has 0 N–H and O–H groups in total. The summed E-state index contributed by atoms with van der Waals surface area (Å²) in [7, 11) is 4.08. The highest BCUT2D eigenvalue weighted by Gasteiger charge is 2.30. The minimum atomic E-state index is 0.181. The Morgan fingerprint density at radius 1 is 1.61 bits per heavy atom. The van der Waals surface area contributed by atoms with Crippen LogP contribution in [0.4, 0.5) is 4.39 Å². The van der Waals surface area contributed by atoms with Gasteiger partial charge in [0.05, 0.1) is 5.70 Å². The number of rotatable bonds is 4. The molecule has 0 aromatic carbocycles. The molecule has 0 amide bonds. The van der Waals surface area contributed by atoms with E-state index in [-0.39, 0.29) is 4.83 Å². The lowest BCUT2D eigenvalue weighted by Gasteiger charge is -2.43. The van der Waals surface area contributed by atoms with Crippen LogP contribution in [-0.2, 0) is 0 Å². The topological polar surface area (TPSA) is 31.2 Å². The van der Waals surface area contributed by atoms with E-state index in [4.69, 9.17) is 0 Å². The molecule has 1 fully saturated rings. The summed E-state index contributed by atoms with van der Waals surface area (Å²) in [6.07, 6.45) is 1.06. The van der Waals surface area contributed by atoms with Crippen molar-refractivity contribution in [1.29, 1.82) is 0 Å². The van der Waals surface area contributed by atoms with Gasteiger partial charge in [-0.2, -0.15) is 0 Å². The molecule has 1 aliphatic rings. The number of likely N-dealkylation sites (N-methyl/N-ethyl adjacent to an activating group) is 1.